The SMILES string of the molecule is CCCCCCCCCC(CC)CC(CC)CC. The topological polar surface area (TPSA) is 0 Å². The molecular weight excluding hydrogens is 216 g/mol. The molecule has 0 saturated heterocycles. The van der Waals surface area contributed by atoms with Gasteiger partial charge in [0.15, 0.2) is 0 Å². The fourth-order valence-corrected chi connectivity index (χ4v) is 2.97. The van der Waals surface area contributed by atoms with Gasteiger partial charge in [-0.1, -0.05) is 98.3 Å². The molecule has 0 amide bonds. The number of rotatable bonds is 13. The Morgan fingerprint density at radius 1 is 0.556 bits per heavy atom. The summed E-state index contributed by atoms with van der Waals surface area (Å²) in [6.45, 7) is 9.39. The van der Waals surface area contributed by atoms with E-state index in [1.54, 1.807) is 0 Å². The smallest absolute Gasteiger partial charge is 0.0414 e. The second-order valence-electron chi connectivity index (χ2n) is 6.10. The van der Waals surface area contributed by atoms with Crippen LogP contribution in [0.15, 0.2) is 0 Å². The molecule has 1 atom stereocenters. The standard InChI is InChI=1S/C18H38/c1-5-9-10-11-12-13-14-15-18(8-4)16-17(6-2)7-3/h17-18H,5-16H2,1-4H3. The van der Waals surface area contributed by atoms with E-state index in [9.17, 15) is 0 Å². The van der Waals surface area contributed by atoms with Crippen molar-refractivity contribution in [2.75, 3.05) is 0 Å². The summed E-state index contributed by atoms with van der Waals surface area (Å²) in [6, 6.07) is 0. The third-order valence-corrected chi connectivity index (χ3v) is 4.61. The molecule has 0 aromatic carbocycles. The Balaban J connectivity index is 3.49. The molecule has 0 bridgehead atoms. The molecule has 0 heteroatoms. The summed E-state index contributed by atoms with van der Waals surface area (Å²) >= 11 is 0. The zero-order valence-corrected chi connectivity index (χ0v) is 13.6. The van der Waals surface area contributed by atoms with E-state index < -0.39 is 0 Å². The Labute approximate surface area is 117 Å². The molecule has 0 aromatic rings. The normalized spacial score (nSPS) is 13.2. The largest absolute Gasteiger partial charge is 0.0654 e. The van der Waals surface area contributed by atoms with Crippen molar-refractivity contribution >= 4 is 0 Å². The van der Waals surface area contributed by atoms with Crippen LogP contribution in [0.1, 0.15) is 105 Å². The molecule has 0 fully saturated rings. The van der Waals surface area contributed by atoms with Crippen molar-refractivity contribution < 1.29 is 0 Å². The van der Waals surface area contributed by atoms with E-state index in [1.807, 2.05) is 0 Å². The molecule has 0 aliphatic carbocycles. The fourth-order valence-electron chi connectivity index (χ4n) is 2.97. The van der Waals surface area contributed by atoms with Crippen LogP contribution in [0.25, 0.3) is 0 Å². The molecule has 0 aromatic heterocycles. The van der Waals surface area contributed by atoms with Gasteiger partial charge in [-0.3, -0.25) is 0 Å². The summed E-state index contributed by atoms with van der Waals surface area (Å²) in [4.78, 5) is 0. The van der Waals surface area contributed by atoms with Gasteiger partial charge >= 0.3 is 0 Å². The first-order valence-electron chi connectivity index (χ1n) is 8.78. The molecule has 0 aliphatic rings. The molecule has 0 spiro atoms. The molecule has 110 valence electrons. The minimum atomic E-state index is 0.986. The maximum Gasteiger partial charge on any atom is -0.0414 e. The zero-order valence-electron chi connectivity index (χ0n) is 13.6. The van der Waals surface area contributed by atoms with E-state index in [4.69, 9.17) is 0 Å². The Hall–Kier alpha value is 0. The Morgan fingerprint density at radius 3 is 1.56 bits per heavy atom. The highest BCUT2D eigenvalue weighted by Gasteiger charge is 2.12. The third-order valence-electron chi connectivity index (χ3n) is 4.61. The van der Waals surface area contributed by atoms with Gasteiger partial charge in [-0.15, -0.1) is 0 Å². The predicted octanol–water partition coefficient (Wildman–Crippen LogP) is 6.98. The Morgan fingerprint density at radius 2 is 1.06 bits per heavy atom. The lowest BCUT2D eigenvalue weighted by Gasteiger charge is -2.20. The van der Waals surface area contributed by atoms with E-state index >= 15 is 0 Å². The van der Waals surface area contributed by atoms with Gasteiger partial charge in [0.1, 0.15) is 0 Å². The van der Waals surface area contributed by atoms with Gasteiger partial charge in [-0.25, -0.2) is 0 Å². The van der Waals surface area contributed by atoms with Gasteiger partial charge < -0.3 is 0 Å². The van der Waals surface area contributed by atoms with Crippen molar-refractivity contribution in [3.05, 3.63) is 0 Å². The summed E-state index contributed by atoms with van der Waals surface area (Å²) in [7, 11) is 0. The van der Waals surface area contributed by atoms with Gasteiger partial charge in [-0.05, 0) is 18.3 Å². The number of hydrogen-bond acceptors (Lipinski definition) is 0. The van der Waals surface area contributed by atoms with E-state index in [0.29, 0.717) is 0 Å². The second kappa shape index (κ2) is 13.4. The molecule has 0 saturated carbocycles. The van der Waals surface area contributed by atoms with E-state index in [0.717, 1.165) is 11.8 Å². The van der Waals surface area contributed by atoms with Crippen molar-refractivity contribution in [3.8, 4) is 0 Å². The highest BCUT2D eigenvalue weighted by Crippen LogP contribution is 2.25. The van der Waals surface area contributed by atoms with Crippen molar-refractivity contribution in [1.29, 1.82) is 0 Å². The summed E-state index contributed by atoms with van der Waals surface area (Å²) in [6.07, 6.45) is 17.3. The molecular formula is C18H38. The first kappa shape index (κ1) is 18.0. The molecule has 18 heavy (non-hydrogen) atoms. The van der Waals surface area contributed by atoms with Gasteiger partial charge in [-0.2, -0.15) is 0 Å². The van der Waals surface area contributed by atoms with Gasteiger partial charge in [0.2, 0.25) is 0 Å². The minimum Gasteiger partial charge on any atom is -0.0654 e. The third kappa shape index (κ3) is 9.97. The van der Waals surface area contributed by atoms with E-state index in [2.05, 4.69) is 27.7 Å². The van der Waals surface area contributed by atoms with E-state index in [1.165, 1.54) is 77.0 Å². The zero-order chi connectivity index (χ0) is 13.6. The van der Waals surface area contributed by atoms with Crippen LogP contribution in [0.5, 0.6) is 0 Å². The van der Waals surface area contributed by atoms with Gasteiger partial charge in [0.25, 0.3) is 0 Å². The maximum absolute atomic E-state index is 2.38. The van der Waals surface area contributed by atoms with Crippen molar-refractivity contribution in [2.45, 2.75) is 105 Å². The maximum atomic E-state index is 2.38. The lowest BCUT2D eigenvalue weighted by atomic mass is 9.86. The van der Waals surface area contributed by atoms with Crippen LogP contribution in [0, 0.1) is 11.8 Å². The monoisotopic (exact) mass is 254 g/mol. The molecule has 0 nitrogen and oxygen atoms in total. The van der Waals surface area contributed by atoms with Crippen LogP contribution in [0.2, 0.25) is 0 Å². The van der Waals surface area contributed by atoms with Crippen LogP contribution in [0.3, 0.4) is 0 Å². The van der Waals surface area contributed by atoms with Crippen LogP contribution in [0.4, 0.5) is 0 Å². The lowest BCUT2D eigenvalue weighted by Crippen LogP contribution is -2.07. The highest BCUT2D eigenvalue weighted by atomic mass is 14.2. The number of hydrogen-bond donors (Lipinski definition) is 0. The van der Waals surface area contributed by atoms with Crippen LogP contribution < -0.4 is 0 Å². The quantitative estimate of drug-likeness (QED) is 0.311. The Bertz CT molecular complexity index is 146. The van der Waals surface area contributed by atoms with Crippen LogP contribution >= 0.6 is 0 Å². The molecule has 0 rings (SSSR count). The van der Waals surface area contributed by atoms with Crippen molar-refractivity contribution in [1.82, 2.24) is 0 Å². The molecule has 1 unspecified atom stereocenters. The van der Waals surface area contributed by atoms with Gasteiger partial charge in [0, 0.05) is 0 Å². The molecule has 0 heterocycles. The van der Waals surface area contributed by atoms with Crippen LogP contribution in [-0.4, -0.2) is 0 Å². The summed E-state index contributed by atoms with van der Waals surface area (Å²) in [5.41, 5.74) is 0. The predicted molar refractivity (Wildman–Crippen MR) is 85.1 cm³/mol. The van der Waals surface area contributed by atoms with Gasteiger partial charge in [0.05, 0.1) is 0 Å². The second-order valence-corrected chi connectivity index (χ2v) is 6.10. The first-order valence-corrected chi connectivity index (χ1v) is 8.78. The van der Waals surface area contributed by atoms with Crippen molar-refractivity contribution in [2.24, 2.45) is 11.8 Å². The van der Waals surface area contributed by atoms with E-state index in [-0.39, 0.29) is 0 Å². The molecule has 0 aliphatic heterocycles. The number of unbranched alkanes of at least 4 members (excludes halogenated alkanes) is 6. The fraction of sp³-hybridized carbons (Fsp3) is 1.00. The first-order chi connectivity index (χ1) is 8.78. The molecule has 0 N–H and O–H groups in total. The average molecular weight is 255 g/mol. The summed E-state index contributed by atoms with van der Waals surface area (Å²) < 4.78 is 0. The highest BCUT2D eigenvalue weighted by molar-refractivity contribution is 4.64. The summed E-state index contributed by atoms with van der Waals surface area (Å²) in [5.74, 6) is 1.99. The average Bonchev–Trinajstić information content (AvgIpc) is 2.41. The minimum absolute atomic E-state index is 0.986. The molecule has 0 radical (unpaired) electrons. The summed E-state index contributed by atoms with van der Waals surface area (Å²) in [5, 5.41) is 0. The van der Waals surface area contributed by atoms with Crippen LogP contribution in [-0.2, 0) is 0 Å². The van der Waals surface area contributed by atoms with Crippen molar-refractivity contribution in [3.63, 3.8) is 0 Å². The lowest BCUT2D eigenvalue weighted by molar-refractivity contribution is 0.321. The Kier molecular flexibility index (Phi) is 13.4.